The van der Waals surface area contributed by atoms with E-state index in [1.54, 1.807) is 16.4 Å². The molecule has 2 aromatic carbocycles. The molecule has 1 N–H and O–H groups in total. The second-order valence-corrected chi connectivity index (χ2v) is 10.3. The van der Waals surface area contributed by atoms with Crippen molar-refractivity contribution in [1.29, 1.82) is 0 Å². The van der Waals surface area contributed by atoms with E-state index in [9.17, 15) is 13.2 Å². The van der Waals surface area contributed by atoms with Crippen molar-refractivity contribution in [2.75, 3.05) is 19.6 Å². The van der Waals surface area contributed by atoms with Gasteiger partial charge in [0.2, 0.25) is 15.9 Å². The van der Waals surface area contributed by atoms with Crippen LogP contribution in [0.4, 0.5) is 0 Å². The van der Waals surface area contributed by atoms with Gasteiger partial charge in [-0.1, -0.05) is 36.8 Å². The maximum absolute atomic E-state index is 12.9. The molecule has 2 heterocycles. The number of fused-ring (bicyclic) bond motifs is 1. The molecule has 0 radical (unpaired) electrons. The summed E-state index contributed by atoms with van der Waals surface area (Å²) in [6, 6.07) is 17.5. The van der Waals surface area contributed by atoms with Gasteiger partial charge in [-0.3, -0.25) is 4.79 Å². The van der Waals surface area contributed by atoms with E-state index in [2.05, 4.69) is 17.4 Å². The Morgan fingerprint density at radius 1 is 0.969 bits per heavy atom. The van der Waals surface area contributed by atoms with Crippen LogP contribution in [0.1, 0.15) is 37.7 Å². The lowest BCUT2D eigenvalue weighted by molar-refractivity contribution is -0.121. The Hall–Kier alpha value is -2.64. The van der Waals surface area contributed by atoms with Crippen molar-refractivity contribution in [3.8, 4) is 0 Å². The monoisotopic (exact) mass is 453 g/mol. The predicted octanol–water partition coefficient (Wildman–Crippen LogP) is 3.96. The number of aryl methyl sites for hydroxylation is 2. The summed E-state index contributed by atoms with van der Waals surface area (Å²) in [4.78, 5) is 12.6. The van der Waals surface area contributed by atoms with E-state index in [1.807, 2.05) is 41.1 Å². The summed E-state index contributed by atoms with van der Waals surface area (Å²) < 4.78 is 29.5. The molecule has 32 heavy (non-hydrogen) atoms. The molecule has 0 aliphatic carbocycles. The number of hydrogen-bond donors (Lipinski definition) is 1. The van der Waals surface area contributed by atoms with Gasteiger partial charge >= 0.3 is 0 Å². The summed E-state index contributed by atoms with van der Waals surface area (Å²) in [6.45, 7) is 2.42. The first-order valence-electron chi connectivity index (χ1n) is 11.4. The SMILES string of the molecule is O=C(CCn1ccc2cc(S(=O)(=O)N3CCCCC3)ccc21)NCCCc1ccccc1. The second kappa shape index (κ2) is 10.3. The van der Waals surface area contributed by atoms with Crippen LogP contribution in [0, 0.1) is 0 Å². The Balaban J connectivity index is 1.30. The molecule has 6 nitrogen and oxygen atoms in total. The molecular formula is C25H31N3O3S. The molecule has 0 bridgehead atoms. The zero-order valence-electron chi connectivity index (χ0n) is 18.4. The fourth-order valence-electron chi connectivity index (χ4n) is 4.26. The van der Waals surface area contributed by atoms with Crippen LogP contribution in [-0.4, -0.2) is 42.8 Å². The van der Waals surface area contributed by atoms with Gasteiger partial charge in [-0.05, 0) is 55.5 Å². The predicted molar refractivity (Wildman–Crippen MR) is 127 cm³/mol. The molecule has 0 saturated carbocycles. The fraction of sp³-hybridized carbons (Fsp3) is 0.400. The highest BCUT2D eigenvalue weighted by molar-refractivity contribution is 7.89. The lowest BCUT2D eigenvalue weighted by atomic mass is 10.1. The standard InChI is InChI=1S/C25H31N3O3S/c29-25(26-15-7-10-21-8-3-1-4-9-21)14-19-27-18-13-22-20-23(11-12-24(22)27)32(30,31)28-16-5-2-6-17-28/h1,3-4,8-9,11-13,18,20H,2,5-7,10,14-17,19H2,(H,26,29). The summed E-state index contributed by atoms with van der Waals surface area (Å²) >= 11 is 0. The smallest absolute Gasteiger partial charge is 0.243 e. The molecule has 0 atom stereocenters. The summed E-state index contributed by atoms with van der Waals surface area (Å²) in [7, 11) is -3.44. The van der Waals surface area contributed by atoms with E-state index in [-0.39, 0.29) is 5.91 Å². The first-order valence-corrected chi connectivity index (χ1v) is 12.9. The Kier molecular flexibility index (Phi) is 7.27. The molecule has 3 aromatic rings. The van der Waals surface area contributed by atoms with E-state index in [0.717, 1.165) is 43.0 Å². The van der Waals surface area contributed by atoms with Crippen LogP contribution in [0.25, 0.3) is 10.9 Å². The zero-order valence-corrected chi connectivity index (χ0v) is 19.2. The maximum Gasteiger partial charge on any atom is 0.243 e. The first kappa shape index (κ1) is 22.6. The van der Waals surface area contributed by atoms with Crippen molar-refractivity contribution in [3.05, 3.63) is 66.4 Å². The van der Waals surface area contributed by atoms with Crippen molar-refractivity contribution < 1.29 is 13.2 Å². The number of sulfonamides is 1. The lowest BCUT2D eigenvalue weighted by Gasteiger charge is -2.25. The Morgan fingerprint density at radius 2 is 1.75 bits per heavy atom. The second-order valence-electron chi connectivity index (χ2n) is 8.38. The van der Waals surface area contributed by atoms with Crippen molar-refractivity contribution >= 4 is 26.8 Å². The molecule has 1 aliphatic rings. The molecular weight excluding hydrogens is 422 g/mol. The summed E-state index contributed by atoms with van der Waals surface area (Å²) in [5, 5.41) is 3.87. The molecule has 1 aliphatic heterocycles. The van der Waals surface area contributed by atoms with Gasteiger partial charge in [-0.25, -0.2) is 8.42 Å². The number of nitrogens with one attached hydrogen (secondary N) is 1. The number of piperidine rings is 1. The van der Waals surface area contributed by atoms with Gasteiger partial charge < -0.3 is 9.88 Å². The Labute approximate surface area is 190 Å². The fourth-order valence-corrected chi connectivity index (χ4v) is 5.82. The van der Waals surface area contributed by atoms with Crippen LogP contribution < -0.4 is 5.32 Å². The van der Waals surface area contributed by atoms with Crippen LogP contribution in [0.15, 0.2) is 65.7 Å². The van der Waals surface area contributed by atoms with E-state index >= 15 is 0 Å². The number of carbonyl (C=O) groups excluding carboxylic acids is 1. The van der Waals surface area contributed by atoms with Crippen LogP contribution >= 0.6 is 0 Å². The number of carbonyl (C=O) groups is 1. The third-order valence-corrected chi connectivity index (χ3v) is 7.98. The van der Waals surface area contributed by atoms with Crippen LogP contribution in [-0.2, 0) is 27.8 Å². The minimum absolute atomic E-state index is 0.0317. The van der Waals surface area contributed by atoms with Crippen LogP contribution in [0.3, 0.4) is 0 Å². The Morgan fingerprint density at radius 3 is 2.53 bits per heavy atom. The Bertz CT molecular complexity index is 1150. The number of benzene rings is 2. The number of amides is 1. The van der Waals surface area contributed by atoms with Crippen LogP contribution in [0.5, 0.6) is 0 Å². The minimum Gasteiger partial charge on any atom is -0.356 e. The van der Waals surface area contributed by atoms with Gasteiger partial charge in [0, 0.05) is 49.7 Å². The van der Waals surface area contributed by atoms with Gasteiger partial charge in [0.05, 0.1) is 4.90 Å². The topological polar surface area (TPSA) is 71.4 Å². The first-order chi connectivity index (χ1) is 15.5. The molecule has 1 aromatic heterocycles. The van der Waals surface area contributed by atoms with Gasteiger partial charge in [0.1, 0.15) is 0 Å². The number of hydrogen-bond acceptors (Lipinski definition) is 3. The number of nitrogens with zero attached hydrogens (tertiary/aromatic N) is 2. The average Bonchev–Trinajstić information content (AvgIpc) is 3.24. The highest BCUT2D eigenvalue weighted by atomic mass is 32.2. The molecule has 0 unspecified atom stereocenters. The van der Waals surface area contributed by atoms with E-state index in [4.69, 9.17) is 0 Å². The van der Waals surface area contributed by atoms with Gasteiger partial charge in [-0.15, -0.1) is 0 Å². The van der Waals surface area contributed by atoms with E-state index in [0.29, 0.717) is 37.5 Å². The molecule has 1 fully saturated rings. The minimum atomic E-state index is -3.44. The quantitative estimate of drug-likeness (QED) is 0.499. The van der Waals surface area contributed by atoms with Crippen molar-refractivity contribution in [2.24, 2.45) is 0 Å². The molecule has 1 saturated heterocycles. The summed E-state index contributed by atoms with van der Waals surface area (Å²) in [5.74, 6) is 0.0317. The van der Waals surface area contributed by atoms with Crippen molar-refractivity contribution in [3.63, 3.8) is 0 Å². The summed E-state index contributed by atoms with van der Waals surface area (Å²) in [6.07, 6.45) is 7.11. The lowest BCUT2D eigenvalue weighted by Crippen LogP contribution is -2.35. The zero-order chi connectivity index (χ0) is 22.4. The van der Waals surface area contributed by atoms with Crippen molar-refractivity contribution in [1.82, 2.24) is 14.2 Å². The van der Waals surface area contributed by atoms with E-state index in [1.165, 1.54) is 5.56 Å². The highest BCUT2D eigenvalue weighted by Crippen LogP contribution is 2.25. The average molecular weight is 454 g/mol. The number of aromatic nitrogens is 1. The number of rotatable bonds is 9. The molecule has 0 spiro atoms. The third-order valence-electron chi connectivity index (χ3n) is 6.08. The van der Waals surface area contributed by atoms with Gasteiger partial charge in [0.25, 0.3) is 0 Å². The normalized spacial score (nSPS) is 15.1. The third kappa shape index (κ3) is 5.40. The van der Waals surface area contributed by atoms with E-state index < -0.39 is 10.0 Å². The molecule has 170 valence electrons. The van der Waals surface area contributed by atoms with Gasteiger partial charge in [0.15, 0.2) is 0 Å². The molecule has 4 rings (SSSR count). The van der Waals surface area contributed by atoms with Gasteiger partial charge in [-0.2, -0.15) is 4.31 Å². The maximum atomic E-state index is 12.9. The van der Waals surface area contributed by atoms with Crippen molar-refractivity contribution in [2.45, 2.75) is 50.0 Å². The van der Waals surface area contributed by atoms with Crippen LogP contribution in [0.2, 0.25) is 0 Å². The highest BCUT2D eigenvalue weighted by Gasteiger charge is 2.26. The summed E-state index contributed by atoms with van der Waals surface area (Å²) in [5.41, 5.74) is 2.22. The molecule has 7 heteroatoms. The largest absolute Gasteiger partial charge is 0.356 e. The molecule has 1 amide bonds.